The van der Waals surface area contributed by atoms with E-state index in [9.17, 15) is 9.90 Å². The molecule has 0 aliphatic heterocycles. The fraction of sp³-hybridized carbons (Fsp3) is 0.562. The Morgan fingerprint density at radius 2 is 2.00 bits per heavy atom. The van der Waals surface area contributed by atoms with Crippen LogP contribution in [-0.2, 0) is 11.2 Å². The van der Waals surface area contributed by atoms with E-state index >= 15 is 0 Å². The van der Waals surface area contributed by atoms with Crippen LogP contribution in [0.1, 0.15) is 42.7 Å². The van der Waals surface area contributed by atoms with Gasteiger partial charge in [-0.25, -0.2) is 0 Å². The first-order valence-corrected chi connectivity index (χ1v) is 7.21. The monoisotopic (exact) mass is 259 g/mol. The Bertz CT molecular complexity index is 485. The van der Waals surface area contributed by atoms with Crippen molar-refractivity contribution in [2.24, 2.45) is 0 Å². The van der Waals surface area contributed by atoms with Gasteiger partial charge in [0.05, 0.1) is 18.1 Å². The zero-order valence-corrected chi connectivity index (χ0v) is 11.4. The van der Waals surface area contributed by atoms with E-state index in [-0.39, 0.29) is 24.0 Å². The van der Waals surface area contributed by atoms with Crippen LogP contribution in [0.2, 0.25) is 0 Å². The summed E-state index contributed by atoms with van der Waals surface area (Å²) in [5.74, 6) is 0.181. The maximum Gasteiger partial charge on any atom is 0.230 e. The molecule has 0 heterocycles. The Balaban J connectivity index is 1.71. The molecular formula is C16H21NO2. The minimum absolute atomic E-state index is 0.00834. The van der Waals surface area contributed by atoms with Gasteiger partial charge in [0, 0.05) is 7.05 Å². The van der Waals surface area contributed by atoms with Crippen molar-refractivity contribution in [1.82, 2.24) is 4.90 Å². The summed E-state index contributed by atoms with van der Waals surface area (Å²) in [5.41, 5.74) is 2.46. The number of likely N-dealkylation sites (N-methyl/N-ethyl adjacent to an activating group) is 1. The molecule has 0 spiro atoms. The Hall–Kier alpha value is -1.35. The Morgan fingerprint density at radius 1 is 1.26 bits per heavy atom. The molecular weight excluding hydrogens is 238 g/mol. The molecule has 1 N–H and O–H groups in total. The van der Waals surface area contributed by atoms with E-state index in [2.05, 4.69) is 6.07 Å². The molecule has 2 aliphatic rings. The van der Waals surface area contributed by atoms with Gasteiger partial charge >= 0.3 is 0 Å². The lowest BCUT2D eigenvalue weighted by Gasteiger charge is -2.39. The van der Waals surface area contributed by atoms with Crippen LogP contribution in [0.3, 0.4) is 0 Å². The molecule has 1 fully saturated rings. The Kier molecular flexibility index (Phi) is 3.31. The van der Waals surface area contributed by atoms with Crippen LogP contribution in [0.5, 0.6) is 0 Å². The van der Waals surface area contributed by atoms with Crippen LogP contribution >= 0.6 is 0 Å². The summed E-state index contributed by atoms with van der Waals surface area (Å²) < 4.78 is 0. The van der Waals surface area contributed by atoms with E-state index in [0.717, 1.165) is 32.1 Å². The molecule has 0 saturated heterocycles. The van der Waals surface area contributed by atoms with Crippen molar-refractivity contribution in [3.8, 4) is 0 Å². The van der Waals surface area contributed by atoms with Gasteiger partial charge in [-0.05, 0) is 30.4 Å². The second-order valence-electron chi connectivity index (χ2n) is 5.82. The fourth-order valence-corrected chi connectivity index (χ4v) is 3.43. The first-order chi connectivity index (χ1) is 9.18. The van der Waals surface area contributed by atoms with Crippen LogP contribution in [0, 0.1) is 0 Å². The van der Waals surface area contributed by atoms with Gasteiger partial charge in [-0.3, -0.25) is 4.79 Å². The normalized spacial score (nSPS) is 29.3. The first-order valence-electron chi connectivity index (χ1n) is 7.21. The highest BCUT2D eigenvalue weighted by molar-refractivity contribution is 5.87. The van der Waals surface area contributed by atoms with E-state index in [4.69, 9.17) is 0 Å². The summed E-state index contributed by atoms with van der Waals surface area (Å²) in [4.78, 5) is 14.3. The number of hydrogen-bond donors (Lipinski definition) is 1. The van der Waals surface area contributed by atoms with Crippen molar-refractivity contribution in [1.29, 1.82) is 0 Å². The van der Waals surface area contributed by atoms with Crippen molar-refractivity contribution in [2.45, 2.75) is 50.2 Å². The molecule has 1 aromatic carbocycles. The number of aliphatic hydroxyl groups is 1. The molecule has 3 heteroatoms. The van der Waals surface area contributed by atoms with Crippen LogP contribution in [-0.4, -0.2) is 35.1 Å². The molecule has 3 nitrogen and oxygen atoms in total. The Morgan fingerprint density at radius 3 is 2.74 bits per heavy atom. The van der Waals surface area contributed by atoms with E-state index in [1.807, 2.05) is 25.2 Å². The molecule has 1 saturated carbocycles. The summed E-state index contributed by atoms with van der Waals surface area (Å²) in [6.07, 6.45) is 4.44. The van der Waals surface area contributed by atoms with Gasteiger partial charge in [-0.1, -0.05) is 37.1 Å². The topological polar surface area (TPSA) is 40.5 Å². The highest BCUT2D eigenvalue weighted by Crippen LogP contribution is 2.37. The van der Waals surface area contributed by atoms with Crippen LogP contribution in [0.4, 0.5) is 0 Å². The molecule has 1 amide bonds. The highest BCUT2D eigenvalue weighted by Gasteiger charge is 2.37. The van der Waals surface area contributed by atoms with E-state index in [0.29, 0.717) is 0 Å². The second-order valence-corrected chi connectivity index (χ2v) is 5.82. The Labute approximate surface area is 114 Å². The minimum Gasteiger partial charge on any atom is -0.391 e. The number of rotatable bonds is 2. The minimum atomic E-state index is -0.349. The summed E-state index contributed by atoms with van der Waals surface area (Å²) >= 11 is 0. The van der Waals surface area contributed by atoms with Gasteiger partial charge < -0.3 is 10.0 Å². The molecule has 0 aromatic heterocycles. The third-order valence-electron chi connectivity index (χ3n) is 4.69. The lowest BCUT2D eigenvalue weighted by Crippen LogP contribution is -2.49. The largest absolute Gasteiger partial charge is 0.391 e. The number of aliphatic hydroxyl groups excluding tert-OH is 1. The zero-order valence-electron chi connectivity index (χ0n) is 11.4. The summed E-state index contributed by atoms with van der Waals surface area (Å²) in [5, 5.41) is 10.1. The predicted molar refractivity (Wildman–Crippen MR) is 73.9 cm³/mol. The van der Waals surface area contributed by atoms with Crippen molar-refractivity contribution in [2.75, 3.05) is 7.05 Å². The zero-order chi connectivity index (χ0) is 13.4. The average Bonchev–Trinajstić information content (AvgIpc) is 2.40. The maximum atomic E-state index is 12.5. The van der Waals surface area contributed by atoms with Gasteiger partial charge in [0.2, 0.25) is 5.91 Å². The smallest absolute Gasteiger partial charge is 0.230 e. The molecule has 19 heavy (non-hydrogen) atoms. The van der Waals surface area contributed by atoms with Gasteiger partial charge in [0.25, 0.3) is 0 Å². The standard InChI is InChI=1S/C16H21NO2/c1-17(14-8-4-5-9-15(14)18)16(19)13-10-11-6-2-3-7-12(11)13/h2-3,6-7,13-15,18H,4-5,8-10H2,1H3. The first kappa shape index (κ1) is 12.7. The van der Waals surface area contributed by atoms with Crippen molar-refractivity contribution in [3.63, 3.8) is 0 Å². The van der Waals surface area contributed by atoms with E-state index < -0.39 is 0 Å². The van der Waals surface area contributed by atoms with Crippen molar-refractivity contribution in [3.05, 3.63) is 35.4 Å². The second kappa shape index (κ2) is 4.97. The average molecular weight is 259 g/mol. The lowest BCUT2D eigenvalue weighted by molar-refractivity contribution is -0.137. The molecule has 1 aromatic rings. The van der Waals surface area contributed by atoms with Crippen molar-refractivity contribution >= 4 is 5.91 Å². The molecule has 3 unspecified atom stereocenters. The SMILES string of the molecule is CN(C(=O)C1Cc2ccccc21)C1CCCCC1O. The number of nitrogens with zero attached hydrogens (tertiary/aromatic N) is 1. The summed E-state index contributed by atoms with van der Waals surface area (Å²) in [7, 11) is 1.85. The highest BCUT2D eigenvalue weighted by atomic mass is 16.3. The predicted octanol–water partition coefficient (Wildman–Crippen LogP) is 2.09. The molecule has 2 aliphatic carbocycles. The number of amides is 1. The number of carbonyl (C=O) groups is 1. The molecule has 102 valence electrons. The van der Waals surface area contributed by atoms with Crippen LogP contribution in [0.15, 0.2) is 24.3 Å². The molecule has 0 bridgehead atoms. The molecule has 3 rings (SSSR count). The molecule has 3 atom stereocenters. The van der Waals surface area contributed by atoms with Gasteiger partial charge in [-0.15, -0.1) is 0 Å². The van der Waals surface area contributed by atoms with Crippen LogP contribution in [0.25, 0.3) is 0 Å². The number of fused-ring (bicyclic) bond motifs is 1. The number of hydrogen-bond acceptors (Lipinski definition) is 2. The molecule has 0 radical (unpaired) electrons. The number of benzene rings is 1. The van der Waals surface area contributed by atoms with Crippen molar-refractivity contribution < 1.29 is 9.90 Å². The van der Waals surface area contributed by atoms with E-state index in [1.165, 1.54) is 11.1 Å². The quantitative estimate of drug-likeness (QED) is 0.883. The number of carbonyl (C=O) groups excluding carboxylic acids is 1. The summed E-state index contributed by atoms with van der Waals surface area (Å²) in [6, 6.07) is 8.16. The maximum absolute atomic E-state index is 12.5. The fourth-order valence-electron chi connectivity index (χ4n) is 3.43. The van der Waals surface area contributed by atoms with Gasteiger partial charge in [-0.2, -0.15) is 0 Å². The third-order valence-corrected chi connectivity index (χ3v) is 4.69. The van der Waals surface area contributed by atoms with Gasteiger partial charge in [0.1, 0.15) is 0 Å². The van der Waals surface area contributed by atoms with E-state index in [1.54, 1.807) is 4.90 Å². The lowest BCUT2D eigenvalue weighted by atomic mass is 9.76. The summed E-state index contributed by atoms with van der Waals surface area (Å²) in [6.45, 7) is 0. The van der Waals surface area contributed by atoms with Crippen LogP contribution < -0.4 is 0 Å². The van der Waals surface area contributed by atoms with Gasteiger partial charge in [0.15, 0.2) is 0 Å². The third kappa shape index (κ3) is 2.16.